The van der Waals surface area contributed by atoms with Crippen molar-refractivity contribution in [2.75, 3.05) is 6.26 Å². The van der Waals surface area contributed by atoms with E-state index in [0.717, 1.165) is 50.2 Å². The molecule has 2 aromatic rings. The molecule has 4 rings (SSSR count). The van der Waals surface area contributed by atoms with E-state index in [1.807, 2.05) is 18.2 Å². The Morgan fingerprint density at radius 3 is 2.52 bits per heavy atom. The van der Waals surface area contributed by atoms with Crippen molar-refractivity contribution in [2.24, 2.45) is 5.92 Å². The Balaban J connectivity index is 1.60. The van der Waals surface area contributed by atoms with Gasteiger partial charge in [-0.15, -0.1) is 0 Å². The zero-order valence-corrected chi connectivity index (χ0v) is 18.3. The van der Waals surface area contributed by atoms with E-state index in [1.54, 1.807) is 18.2 Å². The highest BCUT2D eigenvalue weighted by molar-refractivity contribution is 7.93. The number of carbonyl (C=O) groups is 1. The fourth-order valence-electron chi connectivity index (χ4n) is 3.83. The molecule has 1 N–H and O–H groups in total. The van der Waals surface area contributed by atoms with E-state index < -0.39 is 9.84 Å². The van der Waals surface area contributed by atoms with Crippen LogP contribution in [0.3, 0.4) is 0 Å². The van der Waals surface area contributed by atoms with E-state index in [1.165, 1.54) is 6.20 Å². The summed E-state index contributed by atoms with van der Waals surface area (Å²) in [6.45, 7) is 0. The number of rotatable bonds is 8. The van der Waals surface area contributed by atoms with Gasteiger partial charge in [0.25, 0.3) is 5.91 Å². The Morgan fingerprint density at radius 1 is 1.16 bits per heavy atom. The lowest BCUT2D eigenvalue weighted by molar-refractivity contribution is 0.0937. The Kier molecular flexibility index (Phi) is 6.36. The van der Waals surface area contributed by atoms with Gasteiger partial charge in [-0.3, -0.25) is 4.79 Å². The maximum atomic E-state index is 13.1. The number of sulfone groups is 1. The topological polar surface area (TPSA) is 98.2 Å². The molecule has 2 saturated carbocycles. The van der Waals surface area contributed by atoms with Crippen LogP contribution >= 0.6 is 0 Å². The van der Waals surface area contributed by atoms with Crippen molar-refractivity contribution >= 4 is 15.7 Å². The van der Waals surface area contributed by atoms with E-state index in [2.05, 4.69) is 15.3 Å². The van der Waals surface area contributed by atoms with Gasteiger partial charge in [0.15, 0.2) is 9.84 Å². The summed E-state index contributed by atoms with van der Waals surface area (Å²) in [4.78, 5) is 22.2. The van der Waals surface area contributed by atoms with Crippen LogP contribution in [-0.2, 0) is 9.84 Å². The molecule has 0 unspecified atom stereocenters. The van der Waals surface area contributed by atoms with Gasteiger partial charge in [-0.25, -0.2) is 13.4 Å². The van der Waals surface area contributed by atoms with Crippen LogP contribution in [0.4, 0.5) is 0 Å². The quantitative estimate of drug-likeness (QED) is 0.665. The lowest BCUT2D eigenvalue weighted by Crippen LogP contribution is -2.35. The third kappa shape index (κ3) is 5.91. The molecule has 1 heterocycles. The average molecular weight is 442 g/mol. The van der Waals surface area contributed by atoms with E-state index in [-0.39, 0.29) is 35.2 Å². The van der Waals surface area contributed by atoms with Gasteiger partial charge >= 0.3 is 0 Å². The number of hydrogen-bond acceptors (Lipinski definition) is 6. The number of hydrogen-bond donors (Lipinski definition) is 1. The summed E-state index contributed by atoms with van der Waals surface area (Å²) in [6.07, 6.45) is 10.5. The van der Waals surface area contributed by atoms with E-state index in [4.69, 9.17) is 4.74 Å². The van der Waals surface area contributed by atoms with Crippen molar-refractivity contribution < 1.29 is 17.9 Å². The first-order chi connectivity index (χ1) is 14.9. The highest BCUT2D eigenvalue weighted by atomic mass is 32.2. The molecule has 1 aromatic heterocycles. The summed E-state index contributed by atoms with van der Waals surface area (Å²) >= 11 is 0. The van der Waals surface area contributed by atoms with Crippen LogP contribution in [0.1, 0.15) is 60.6 Å². The first-order valence-corrected chi connectivity index (χ1v) is 12.6. The van der Waals surface area contributed by atoms with Gasteiger partial charge in [0, 0.05) is 23.8 Å². The first kappa shape index (κ1) is 21.5. The molecule has 164 valence electrons. The lowest BCUT2D eigenvalue weighted by atomic mass is 10.1. The minimum atomic E-state index is -3.27. The number of nitrogens with one attached hydrogen (secondary N) is 1. The van der Waals surface area contributed by atoms with Crippen molar-refractivity contribution in [1.29, 1.82) is 0 Å². The van der Waals surface area contributed by atoms with Gasteiger partial charge in [0.2, 0.25) is 5.88 Å². The molecule has 2 aliphatic rings. The molecule has 1 aromatic carbocycles. The molecule has 1 atom stereocenters. The SMILES string of the molecule is CS(=O)(=O)/C=C/[C@@H](NC(=O)c1cnc(C2CCCC2)nc1Oc1ccccc1)C1CC1. The summed E-state index contributed by atoms with van der Waals surface area (Å²) in [7, 11) is -3.27. The molecule has 2 aliphatic carbocycles. The van der Waals surface area contributed by atoms with Crippen molar-refractivity contribution in [3.63, 3.8) is 0 Å². The van der Waals surface area contributed by atoms with Crippen molar-refractivity contribution in [2.45, 2.75) is 50.5 Å². The number of nitrogens with zero attached hydrogens (tertiary/aromatic N) is 2. The predicted octanol–water partition coefficient (Wildman–Crippen LogP) is 3.99. The molecule has 2 fully saturated rings. The first-order valence-electron chi connectivity index (χ1n) is 10.7. The highest BCUT2D eigenvalue weighted by Gasteiger charge is 2.32. The summed E-state index contributed by atoms with van der Waals surface area (Å²) in [5.41, 5.74) is 0.240. The summed E-state index contributed by atoms with van der Waals surface area (Å²) in [5.74, 6) is 1.66. The second kappa shape index (κ2) is 9.18. The molecule has 0 radical (unpaired) electrons. The maximum Gasteiger partial charge on any atom is 0.258 e. The van der Waals surface area contributed by atoms with Crippen molar-refractivity contribution in [3.8, 4) is 11.6 Å². The molecule has 0 aliphatic heterocycles. The Hall–Kier alpha value is -2.74. The Labute approximate surface area is 182 Å². The zero-order valence-electron chi connectivity index (χ0n) is 17.5. The van der Waals surface area contributed by atoms with Crippen LogP contribution in [0, 0.1) is 5.92 Å². The van der Waals surface area contributed by atoms with Gasteiger partial charge < -0.3 is 10.1 Å². The number of amides is 1. The molecule has 8 heteroatoms. The van der Waals surface area contributed by atoms with E-state index in [0.29, 0.717) is 11.6 Å². The standard InChI is InChI=1S/C23H27N3O4S/c1-31(28,29)14-13-20(16-11-12-16)25-22(27)19-15-24-21(17-7-5-6-8-17)26-23(19)30-18-9-3-2-4-10-18/h2-4,9-10,13-17,20H,5-8,11-12H2,1H3,(H,25,27)/b14-13+/t20-/m1/s1. The Morgan fingerprint density at radius 2 is 1.87 bits per heavy atom. The van der Waals surface area contributed by atoms with Gasteiger partial charge in [0.05, 0.1) is 6.04 Å². The molecule has 0 spiro atoms. The average Bonchev–Trinajstić information content (AvgIpc) is 3.44. The van der Waals surface area contributed by atoms with Gasteiger partial charge in [-0.1, -0.05) is 37.1 Å². The largest absolute Gasteiger partial charge is 0.438 e. The van der Waals surface area contributed by atoms with Crippen LogP contribution in [0.25, 0.3) is 0 Å². The van der Waals surface area contributed by atoms with Crippen LogP contribution in [0.15, 0.2) is 48.0 Å². The van der Waals surface area contributed by atoms with Crippen LogP contribution in [-0.4, -0.2) is 36.6 Å². The Bertz CT molecular complexity index is 1060. The molecule has 7 nitrogen and oxygen atoms in total. The molecular weight excluding hydrogens is 414 g/mol. The third-order valence-corrected chi connectivity index (χ3v) is 6.31. The molecular formula is C23H27N3O4S. The second-order valence-electron chi connectivity index (χ2n) is 8.34. The van der Waals surface area contributed by atoms with Gasteiger partial charge in [0.1, 0.15) is 17.1 Å². The summed E-state index contributed by atoms with van der Waals surface area (Å²) < 4.78 is 29.0. The van der Waals surface area contributed by atoms with Gasteiger partial charge in [-0.2, -0.15) is 4.98 Å². The fraction of sp³-hybridized carbons (Fsp3) is 0.435. The molecule has 31 heavy (non-hydrogen) atoms. The summed E-state index contributed by atoms with van der Waals surface area (Å²) in [6, 6.07) is 8.85. The molecule has 0 bridgehead atoms. The van der Waals surface area contributed by atoms with Gasteiger partial charge in [-0.05, 0) is 43.7 Å². The number of para-hydroxylation sites is 1. The van der Waals surface area contributed by atoms with E-state index in [9.17, 15) is 13.2 Å². The number of carbonyl (C=O) groups excluding carboxylic acids is 1. The number of benzene rings is 1. The lowest BCUT2D eigenvalue weighted by Gasteiger charge is -2.17. The predicted molar refractivity (Wildman–Crippen MR) is 118 cm³/mol. The molecule has 1 amide bonds. The summed E-state index contributed by atoms with van der Waals surface area (Å²) in [5, 5.41) is 4.08. The second-order valence-corrected chi connectivity index (χ2v) is 10.3. The number of ether oxygens (including phenoxy) is 1. The highest BCUT2D eigenvalue weighted by Crippen LogP contribution is 2.35. The van der Waals surface area contributed by atoms with Crippen LogP contribution in [0.5, 0.6) is 11.6 Å². The molecule has 0 saturated heterocycles. The fourth-order valence-corrected chi connectivity index (χ4v) is 4.28. The minimum Gasteiger partial charge on any atom is -0.438 e. The van der Waals surface area contributed by atoms with Crippen molar-refractivity contribution in [3.05, 3.63) is 59.4 Å². The van der Waals surface area contributed by atoms with Crippen LogP contribution < -0.4 is 10.1 Å². The monoisotopic (exact) mass is 441 g/mol. The van der Waals surface area contributed by atoms with Crippen molar-refractivity contribution in [1.82, 2.24) is 15.3 Å². The number of aromatic nitrogens is 2. The third-order valence-electron chi connectivity index (χ3n) is 5.66. The minimum absolute atomic E-state index is 0.224. The normalized spacial score (nSPS) is 18.2. The zero-order chi connectivity index (χ0) is 21.8. The van der Waals surface area contributed by atoms with E-state index >= 15 is 0 Å². The smallest absolute Gasteiger partial charge is 0.258 e. The maximum absolute atomic E-state index is 13.1. The van der Waals surface area contributed by atoms with Crippen LogP contribution in [0.2, 0.25) is 0 Å².